The molecule has 0 aromatic carbocycles. The Morgan fingerprint density at radius 2 is 1.83 bits per heavy atom. The molecule has 0 aliphatic carbocycles. The number of carboxylic acids is 1. The van der Waals surface area contributed by atoms with Crippen molar-refractivity contribution in [3.05, 3.63) is 11.8 Å². The molecule has 0 saturated heterocycles. The molecule has 24 heavy (non-hydrogen) atoms. The third-order valence-corrected chi connectivity index (χ3v) is 2.40. The van der Waals surface area contributed by atoms with E-state index >= 15 is 0 Å². The number of rotatable bonds is 9. The first-order valence-corrected chi connectivity index (χ1v) is 7.46. The number of carbonyl (C=O) groups is 3. The third-order valence-electron chi connectivity index (χ3n) is 2.40. The van der Waals surface area contributed by atoms with Crippen molar-refractivity contribution in [1.29, 1.82) is 5.26 Å². The van der Waals surface area contributed by atoms with E-state index in [1.54, 1.807) is 26.8 Å². The minimum Gasteiger partial charge on any atom is -0.481 e. The smallest absolute Gasteiger partial charge is 0.407 e. The maximum atomic E-state index is 11.7. The molecule has 0 rings (SSSR count). The molecule has 9 nitrogen and oxygen atoms in total. The van der Waals surface area contributed by atoms with Crippen LogP contribution in [0.3, 0.4) is 0 Å². The van der Waals surface area contributed by atoms with Crippen molar-refractivity contribution in [3.63, 3.8) is 0 Å². The van der Waals surface area contributed by atoms with E-state index in [1.807, 2.05) is 0 Å². The number of hydrogen-bond acceptors (Lipinski definition) is 6. The molecule has 4 N–H and O–H groups in total. The van der Waals surface area contributed by atoms with Crippen molar-refractivity contribution < 1.29 is 24.2 Å². The SMILES string of the molecule is CC(C)(C)OC(=O)NCCN/C=C(/C#N)C(=O)NCCCC(=O)O. The molecule has 0 unspecified atom stereocenters. The quantitative estimate of drug-likeness (QED) is 0.272. The monoisotopic (exact) mass is 340 g/mol. The van der Waals surface area contributed by atoms with Gasteiger partial charge in [0.15, 0.2) is 0 Å². The lowest BCUT2D eigenvalue weighted by atomic mass is 10.2. The number of hydrogen-bond donors (Lipinski definition) is 4. The molecule has 0 atom stereocenters. The first kappa shape index (κ1) is 21.2. The average Bonchev–Trinajstić information content (AvgIpc) is 2.45. The van der Waals surface area contributed by atoms with Gasteiger partial charge in [0.1, 0.15) is 17.2 Å². The molecular formula is C15H24N4O5. The largest absolute Gasteiger partial charge is 0.481 e. The van der Waals surface area contributed by atoms with E-state index < -0.39 is 23.6 Å². The molecule has 0 aromatic rings. The molecule has 0 aliphatic heterocycles. The number of ether oxygens (including phenoxy) is 1. The first-order valence-electron chi connectivity index (χ1n) is 7.46. The number of nitriles is 1. The van der Waals surface area contributed by atoms with E-state index in [1.165, 1.54) is 6.20 Å². The summed E-state index contributed by atoms with van der Waals surface area (Å²) in [5, 5.41) is 25.1. The molecule has 0 aromatic heterocycles. The second-order valence-electron chi connectivity index (χ2n) is 5.81. The Hall–Kier alpha value is -2.76. The number of alkyl carbamates (subject to hydrolysis) is 1. The fourth-order valence-corrected chi connectivity index (χ4v) is 1.41. The topological polar surface area (TPSA) is 141 Å². The normalized spacial score (nSPS) is 11.2. The zero-order valence-corrected chi connectivity index (χ0v) is 14.1. The van der Waals surface area contributed by atoms with Crippen LogP contribution in [0.15, 0.2) is 11.8 Å². The summed E-state index contributed by atoms with van der Waals surface area (Å²) in [4.78, 5) is 33.4. The molecule has 0 radical (unpaired) electrons. The van der Waals surface area contributed by atoms with Gasteiger partial charge in [-0.2, -0.15) is 5.26 Å². The number of aliphatic carboxylic acids is 1. The molecule has 9 heteroatoms. The highest BCUT2D eigenvalue weighted by molar-refractivity contribution is 5.97. The summed E-state index contributed by atoms with van der Waals surface area (Å²) in [6, 6.07) is 1.74. The molecule has 134 valence electrons. The second-order valence-corrected chi connectivity index (χ2v) is 5.81. The van der Waals surface area contributed by atoms with E-state index in [9.17, 15) is 14.4 Å². The van der Waals surface area contributed by atoms with Gasteiger partial charge < -0.3 is 25.8 Å². The van der Waals surface area contributed by atoms with Gasteiger partial charge in [-0.15, -0.1) is 0 Å². The maximum absolute atomic E-state index is 11.7. The lowest BCUT2D eigenvalue weighted by Gasteiger charge is -2.19. The van der Waals surface area contributed by atoms with E-state index in [4.69, 9.17) is 15.1 Å². The fraction of sp³-hybridized carbons (Fsp3) is 0.600. The maximum Gasteiger partial charge on any atom is 0.407 e. The summed E-state index contributed by atoms with van der Waals surface area (Å²) in [5.74, 6) is -1.53. The van der Waals surface area contributed by atoms with Crippen LogP contribution in [0.1, 0.15) is 33.6 Å². The number of nitrogens with one attached hydrogen (secondary N) is 3. The van der Waals surface area contributed by atoms with Crippen LogP contribution < -0.4 is 16.0 Å². The van der Waals surface area contributed by atoms with Gasteiger partial charge in [0.25, 0.3) is 5.91 Å². The molecule has 0 fully saturated rings. The lowest BCUT2D eigenvalue weighted by Crippen LogP contribution is -2.35. The van der Waals surface area contributed by atoms with Crippen LogP contribution in [0.2, 0.25) is 0 Å². The summed E-state index contributed by atoms with van der Waals surface area (Å²) in [5.41, 5.74) is -0.716. The van der Waals surface area contributed by atoms with Crippen molar-refractivity contribution >= 4 is 18.0 Å². The minimum absolute atomic E-state index is 0.0551. The van der Waals surface area contributed by atoms with Gasteiger partial charge in [-0.1, -0.05) is 0 Å². The molecular weight excluding hydrogens is 316 g/mol. The van der Waals surface area contributed by atoms with Gasteiger partial charge >= 0.3 is 12.1 Å². The van der Waals surface area contributed by atoms with Crippen molar-refractivity contribution in [2.24, 2.45) is 0 Å². The third kappa shape index (κ3) is 11.9. The molecule has 0 aliphatic rings. The number of nitrogens with zero attached hydrogens (tertiary/aromatic N) is 1. The molecule has 0 heterocycles. The predicted octanol–water partition coefficient (Wildman–Crippen LogP) is 0.489. The number of carboxylic acid groups (broad SMARTS) is 1. The zero-order chi connectivity index (χ0) is 18.6. The van der Waals surface area contributed by atoms with Gasteiger partial charge in [0.2, 0.25) is 0 Å². The summed E-state index contributed by atoms with van der Waals surface area (Å²) >= 11 is 0. The fourth-order valence-electron chi connectivity index (χ4n) is 1.41. The number of carbonyl (C=O) groups excluding carboxylic acids is 2. The Balaban J connectivity index is 4.04. The van der Waals surface area contributed by atoms with Crippen LogP contribution in [-0.2, 0) is 14.3 Å². The number of amides is 2. The Bertz CT molecular complexity index is 517. The van der Waals surface area contributed by atoms with Gasteiger partial charge in [0.05, 0.1) is 0 Å². The molecule has 2 amide bonds. The van der Waals surface area contributed by atoms with Crippen LogP contribution in [0.25, 0.3) is 0 Å². The van der Waals surface area contributed by atoms with Crippen LogP contribution >= 0.6 is 0 Å². The highest BCUT2D eigenvalue weighted by Gasteiger charge is 2.15. The van der Waals surface area contributed by atoms with Crippen LogP contribution in [0.4, 0.5) is 4.79 Å². The first-order chi connectivity index (χ1) is 11.2. The summed E-state index contributed by atoms with van der Waals surface area (Å²) in [6.45, 7) is 5.98. The Morgan fingerprint density at radius 3 is 2.38 bits per heavy atom. The van der Waals surface area contributed by atoms with Crippen molar-refractivity contribution in [3.8, 4) is 6.07 Å². The summed E-state index contributed by atoms with van der Waals surface area (Å²) in [6.07, 6.45) is 0.918. The second kappa shape index (κ2) is 10.9. The van der Waals surface area contributed by atoms with E-state index in [0.29, 0.717) is 6.54 Å². The highest BCUT2D eigenvalue weighted by Crippen LogP contribution is 2.05. The standard InChI is InChI=1S/C15H24N4O5/c1-15(2,3)24-14(23)19-8-7-17-10-11(9-16)13(22)18-6-4-5-12(20)21/h10,17H,4-8H2,1-3H3,(H,18,22)(H,19,23)(H,20,21)/b11-10-. The van der Waals surface area contributed by atoms with Crippen LogP contribution in [-0.4, -0.2) is 48.3 Å². The Kier molecular flexibility index (Phi) is 9.63. The van der Waals surface area contributed by atoms with E-state index in [0.717, 1.165) is 0 Å². The zero-order valence-electron chi connectivity index (χ0n) is 14.1. The molecule has 0 bridgehead atoms. The van der Waals surface area contributed by atoms with Crippen LogP contribution in [0.5, 0.6) is 0 Å². The van der Waals surface area contributed by atoms with E-state index in [-0.39, 0.29) is 31.5 Å². The van der Waals surface area contributed by atoms with Gasteiger partial charge in [0, 0.05) is 32.3 Å². The van der Waals surface area contributed by atoms with Gasteiger partial charge in [-0.25, -0.2) is 4.79 Å². The van der Waals surface area contributed by atoms with Crippen molar-refractivity contribution in [2.45, 2.75) is 39.2 Å². The minimum atomic E-state index is -0.945. The lowest BCUT2D eigenvalue weighted by molar-refractivity contribution is -0.137. The average molecular weight is 340 g/mol. The Labute approximate surface area is 141 Å². The predicted molar refractivity (Wildman–Crippen MR) is 85.8 cm³/mol. The highest BCUT2D eigenvalue weighted by atomic mass is 16.6. The van der Waals surface area contributed by atoms with Crippen molar-refractivity contribution in [1.82, 2.24) is 16.0 Å². The summed E-state index contributed by atoms with van der Waals surface area (Å²) < 4.78 is 5.05. The molecule has 0 saturated carbocycles. The van der Waals surface area contributed by atoms with Gasteiger partial charge in [-0.3, -0.25) is 9.59 Å². The van der Waals surface area contributed by atoms with Crippen molar-refractivity contribution in [2.75, 3.05) is 19.6 Å². The van der Waals surface area contributed by atoms with Gasteiger partial charge in [-0.05, 0) is 27.2 Å². The Morgan fingerprint density at radius 1 is 1.17 bits per heavy atom. The van der Waals surface area contributed by atoms with E-state index in [2.05, 4.69) is 16.0 Å². The summed E-state index contributed by atoms with van der Waals surface area (Å²) in [7, 11) is 0. The van der Waals surface area contributed by atoms with Crippen LogP contribution in [0, 0.1) is 11.3 Å². The molecule has 0 spiro atoms.